The van der Waals surface area contributed by atoms with Crippen LogP contribution in [0.2, 0.25) is 0 Å². The van der Waals surface area contributed by atoms with E-state index in [2.05, 4.69) is 15.6 Å². The fourth-order valence-corrected chi connectivity index (χ4v) is 2.34. The first-order valence-corrected chi connectivity index (χ1v) is 7.66. The molecule has 6 heteroatoms. The van der Waals surface area contributed by atoms with Gasteiger partial charge in [-0.15, -0.1) is 0 Å². The lowest BCUT2D eigenvalue weighted by atomic mass is 10.1. The lowest BCUT2D eigenvalue weighted by Gasteiger charge is -2.22. The van der Waals surface area contributed by atoms with Gasteiger partial charge >= 0.3 is 0 Å². The maximum absolute atomic E-state index is 13.7. The van der Waals surface area contributed by atoms with Crippen molar-refractivity contribution in [2.24, 2.45) is 0 Å². The fourth-order valence-electron chi connectivity index (χ4n) is 2.34. The van der Waals surface area contributed by atoms with Crippen molar-refractivity contribution >= 4 is 11.6 Å². The van der Waals surface area contributed by atoms with Crippen molar-refractivity contribution < 1.29 is 13.5 Å². The predicted molar refractivity (Wildman–Crippen MR) is 79.6 cm³/mol. The van der Waals surface area contributed by atoms with Crippen LogP contribution in [0.25, 0.3) is 0 Å². The first-order valence-electron chi connectivity index (χ1n) is 7.66. The summed E-state index contributed by atoms with van der Waals surface area (Å²) in [5, 5.41) is 5.78. The summed E-state index contributed by atoms with van der Waals surface area (Å²) >= 11 is 0. The standard InChI is InChI=1S/C15H23F2N3O/c1-2-7-18-14-12(16)10-13(17)15(20-14)19-8-6-11-5-3-4-9-21-11/h10-11H,2-9H2,1H3,(H2,18,19,20). The molecule has 0 aromatic carbocycles. The number of hydrogen-bond donors (Lipinski definition) is 2. The molecule has 2 heterocycles. The van der Waals surface area contributed by atoms with Gasteiger partial charge in [0.25, 0.3) is 0 Å². The number of ether oxygens (including phenoxy) is 1. The highest BCUT2D eigenvalue weighted by Gasteiger charge is 2.15. The number of anilines is 2. The van der Waals surface area contributed by atoms with E-state index in [0.717, 1.165) is 38.4 Å². The Labute approximate surface area is 124 Å². The van der Waals surface area contributed by atoms with Gasteiger partial charge in [0.2, 0.25) is 0 Å². The molecule has 0 bridgehead atoms. The molecule has 0 saturated carbocycles. The molecule has 1 aliphatic rings. The van der Waals surface area contributed by atoms with Crippen molar-refractivity contribution in [3.05, 3.63) is 17.7 Å². The monoisotopic (exact) mass is 299 g/mol. The van der Waals surface area contributed by atoms with Gasteiger partial charge in [0.15, 0.2) is 23.3 Å². The minimum atomic E-state index is -0.667. The second-order valence-corrected chi connectivity index (χ2v) is 5.28. The fraction of sp³-hybridized carbons (Fsp3) is 0.667. The molecule has 1 aromatic heterocycles. The van der Waals surface area contributed by atoms with Gasteiger partial charge in [-0.05, 0) is 32.1 Å². The molecule has 1 fully saturated rings. The largest absolute Gasteiger partial charge is 0.378 e. The highest BCUT2D eigenvalue weighted by atomic mass is 19.1. The van der Waals surface area contributed by atoms with E-state index >= 15 is 0 Å². The molecule has 0 spiro atoms. The van der Waals surface area contributed by atoms with Crippen LogP contribution in [0, 0.1) is 11.6 Å². The van der Waals surface area contributed by atoms with Gasteiger partial charge in [-0.25, -0.2) is 13.8 Å². The van der Waals surface area contributed by atoms with Crippen molar-refractivity contribution in [3.8, 4) is 0 Å². The Bertz CT molecular complexity index is 451. The lowest BCUT2D eigenvalue weighted by Crippen LogP contribution is -2.22. The van der Waals surface area contributed by atoms with Crippen molar-refractivity contribution in [2.75, 3.05) is 30.3 Å². The molecule has 118 valence electrons. The zero-order chi connectivity index (χ0) is 15.1. The van der Waals surface area contributed by atoms with Crippen LogP contribution >= 0.6 is 0 Å². The van der Waals surface area contributed by atoms with Gasteiger partial charge in [0.05, 0.1) is 6.10 Å². The quantitative estimate of drug-likeness (QED) is 0.808. The third kappa shape index (κ3) is 4.81. The van der Waals surface area contributed by atoms with Crippen molar-refractivity contribution in [2.45, 2.75) is 45.1 Å². The van der Waals surface area contributed by atoms with Crippen molar-refractivity contribution in [1.82, 2.24) is 4.98 Å². The van der Waals surface area contributed by atoms with Crippen LogP contribution in [0.1, 0.15) is 39.0 Å². The summed E-state index contributed by atoms with van der Waals surface area (Å²) < 4.78 is 32.9. The SMILES string of the molecule is CCCNc1nc(NCCC2CCCCO2)c(F)cc1F. The summed E-state index contributed by atoms with van der Waals surface area (Å²) in [6.07, 6.45) is 5.22. The van der Waals surface area contributed by atoms with E-state index in [0.29, 0.717) is 13.1 Å². The van der Waals surface area contributed by atoms with Crippen LogP contribution in [-0.2, 0) is 4.74 Å². The van der Waals surface area contributed by atoms with E-state index in [-0.39, 0.29) is 17.7 Å². The summed E-state index contributed by atoms with van der Waals surface area (Å²) in [4.78, 5) is 3.98. The van der Waals surface area contributed by atoms with Gasteiger partial charge < -0.3 is 15.4 Å². The Morgan fingerprint density at radius 1 is 1.19 bits per heavy atom. The maximum Gasteiger partial charge on any atom is 0.168 e. The van der Waals surface area contributed by atoms with Crippen LogP contribution in [0.15, 0.2) is 6.07 Å². The summed E-state index contributed by atoms with van der Waals surface area (Å²) in [7, 11) is 0. The van der Waals surface area contributed by atoms with Crippen LogP contribution in [-0.4, -0.2) is 30.8 Å². The van der Waals surface area contributed by atoms with E-state index < -0.39 is 11.6 Å². The zero-order valence-corrected chi connectivity index (χ0v) is 12.4. The number of nitrogens with one attached hydrogen (secondary N) is 2. The summed E-state index contributed by atoms with van der Waals surface area (Å²) in [5.74, 6) is -1.15. The predicted octanol–water partition coefficient (Wildman–Crippen LogP) is 3.55. The minimum absolute atomic E-state index is 0.0887. The van der Waals surface area contributed by atoms with Gasteiger partial charge in [0, 0.05) is 25.8 Å². The molecule has 1 aliphatic heterocycles. The van der Waals surface area contributed by atoms with Crippen molar-refractivity contribution in [1.29, 1.82) is 0 Å². The molecular formula is C15H23F2N3O. The highest BCUT2D eigenvalue weighted by Crippen LogP contribution is 2.20. The average molecular weight is 299 g/mol. The number of nitrogens with zero attached hydrogens (tertiary/aromatic N) is 1. The molecule has 1 aromatic rings. The number of aromatic nitrogens is 1. The molecule has 0 amide bonds. The summed E-state index contributed by atoms with van der Waals surface area (Å²) in [5.41, 5.74) is 0. The third-order valence-corrected chi connectivity index (χ3v) is 3.50. The maximum atomic E-state index is 13.7. The van der Waals surface area contributed by atoms with E-state index in [1.54, 1.807) is 0 Å². The van der Waals surface area contributed by atoms with E-state index in [4.69, 9.17) is 4.74 Å². The van der Waals surface area contributed by atoms with Crippen LogP contribution in [0.5, 0.6) is 0 Å². The number of halogens is 2. The summed E-state index contributed by atoms with van der Waals surface area (Å²) in [6, 6.07) is 0.866. The molecule has 4 nitrogen and oxygen atoms in total. The molecule has 2 rings (SSSR count). The molecule has 1 unspecified atom stereocenters. The highest BCUT2D eigenvalue weighted by molar-refractivity contribution is 5.47. The molecule has 1 saturated heterocycles. The summed E-state index contributed by atoms with van der Waals surface area (Å²) in [6.45, 7) is 3.94. The average Bonchev–Trinajstić information content (AvgIpc) is 2.49. The topological polar surface area (TPSA) is 46.2 Å². The van der Waals surface area contributed by atoms with Gasteiger partial charge in [-0.1, -0.05) is 6.92 Å². The molecular weight excluding hydrogens is 276 g/mol. The molecule has 0 aliphatic carbocycles. The van der Waals surface area contributed by atoms with E-state index in [9.17, 15) is 8.78 Å². The number of hydrogen-bond acceptors (Lipinski definition) is 4. The Morgan fingerprint density at radius 3 is 2.52 bits per heavy atom. The molecule has 2 N–H and O–H groups in total. The van der Waals surface area contributed by atoms with Crippen molar-refractivity contribution in [3.63, 3.8) is 0 Å². The Morgan fingerprint density at radius 2 is 1.90 bits per heavy atom. The molecule has 0 radical (unpaired) electrons. The van der Waals surface area contributed by atoms with Gasteiger partial charge in [0.1, 0.15) is 0 Å². The third-order valence-electron chi connectivity index (χ3n) is 3.50. The number of pyridine rings is 1. The lowest BCUT2D eigenvalue weighted by molar-refractivity contribution is 0.0134. The van der Waals surface area contributed by atoms with E-state index in [1.165, 1.54) is 6.42 Å². The first-order chi connectivity index (χ1) is 10.2. The second-order valence-electron chi connectivity index (χ2n) is 5.28. The Kier molecular flexibility index (Phi) is 6.17. The van der Waals surface area contributed by atoms with Crippen LogP contribution in [0.4, 0.5) is 20.4 Å². The van der Waals surface area contributed by atoms with Gasteiger partial charge in [-0.2, -0.15) is 0 Å². The minimum Gasteiger partial charge on any atom is -0.378 e. The normalized spacial score (nSPS) is 18.5. The molecule has 21 heavy (non-hydrogen) atoms. The van der Waals surface area contributed by atoms with Crippen LogP contribution < -0.4 is 10.6 Å². The zero-order valence-electron chi connectivity index (χ0n) is 12.4. The molecule has 1 atom stereocenters. The second kappa shape index (κ2) is 8.12. The van der Waals surface area contributed by atoms with Crippen LogP contribution in [0.3, 0.4) is 0 Å². The Balaban J connectivity index is 1.88. The smallest absolute Gasteiger partial charge is 0.168 e. The van der Waals surface area contributed by atoms with E-state index in [1.807, 2.05) is 6.92 Å². The first kappa shape index (κ1) is 15.9. The number of rotatable bonds is 7. The Hall–Kier alpha value is -1.43. The van der Waals surface area contributed by atoms with Gasteiger partial charge in [-0.3, -0.25) is 0 Å².